The lowest BCUT2D eigenvalue weighted by Gasteiger charge is -2.30. The summed E-state index contributed by atoms with van der Waals surface area (Å²) in [5.74, 6) is -4.66. The fourth-order valence-electron chi connectivity index (χ4n) is 4.04. The molecule has 0 aliphatic carbocycles. The smallest absolute Gasteiger partial charge is 0.267 e. The Kier molecular flexibility index (Phi) is 18.0. The standard InChI is InChI=1S/C29H46N4O13S/c1-20(34)21(17-23(35)22(19-47(41,42)43)32-28(40)46-29(2,3)4)7-5-6-11-30-25(37)18-45-16-15-44-14-12-31-24(36)10-13-33-26(38)8-9-27(33)39/h8-9,21-22H,5-7,10-19H2,1-4H3,(H,30,37)(H,31,36)(H,32,40)(H,41,42,43)/p-1/t21-,22?/m1/s1. The summed E-state index contributed by atoms with van der Waals surface area (Å²) < 4.78 is 47.6. The number of Topliss-reactive ketones (excluding diaryl/α,β-unsaturated/α-hetero) is 2. The van der Waals surface area contributed by atoms with Gasteiger partial charge in [0.25, 0.3) is 21.9 Å². The van der Waals surface area contributed by atoms with Gasteiger partial charge in [0.1, 0.15) is 30.3 Å². The Morgan fingerprint density at radius 1 is 0.979 bits per heavy atom. The lowest BCUT2D eigenvalue weighted by molar-refractivity contribution is -0.260. The van der Waals surface area contributed by atoms with Crippen LogP contribution in [0.4, 0.5) is 0 Å². The average Bonchev–Trinajstić information content (AvgIpc) is 3.26. The highest BCUT2D eigenvalue weighted by molar-refractivity contribution is 7.85. The highest BCUT2D eigenvalue weighted by atomic mass is 32.2. The molecule has 1 aliphatic rings. The van der Waals surface area contributed by atoms with Crippen LogP contribution in [-0.2, 0) is 53.1 Å². The van der Waals surface area contributed by atoms with Gasteiger partial charge < -0.3 is 30.0 Å². The lowest BCUT2D eigenvalue weighted by Crippen LogP contribution is -2.37. The fourth-order valence-corrected chi connectivity index (χ4v) is 4.70. The van der Waals surface area contributed by atoms with Gasteiger partial charge in [-0.25, -0.2) is 0 Å². The van der Waals surface area contributed by atoms with Crippen molar-refractivity contribution in [2.45, 2.75) is 71.4 Å². The maximum Gasteiger partial charge on any atom is 0.267 e. The van der Waals surface area contributed by atoms with E-state index in [4.69, 9.17) is 14.2 Å². The van der Waals surface area contributed by atoms with Crippen molar-refractivity contribution in [2.24, 2.45) is 10.9 Å². The Morgan fingerprint density at radius 2 is 1.60 bits per heavy atom. The molecule has 0 saturated heterocycles. The monoisotopic (exact) mass is 689 g/mol. The molecule has 0 fully saturated rings. The number of nitrogens with zero attached hydrogens (tertiary/aromatic N) is 2. The number of aliphatic imine (C=N–C) groups is 1. The molecule has 2 atom stereocenters. The van der Waals surface area contributed by atoms with E-state index in [2.05, 4.69) is 15.6 Å². The first-order chi connectivity index (χ1) is 21.9. The van der Waals surface area contributed by atoms with Crippen molar-refractivity contribution in [1.82, 2.24) is 15.5 Å². The highest BCUT2D eigenvalue weighted by Gasteiger charge is 2.28. The summed E-state index contributed by atoms with van der Waals surface area (Å²) >= 11 is 0. The SMILES string of the molecule is CC(=O)[C@H](CCCCNC(=O)COCCOCCNC(=O)CCN1C(=O)C=CC1=O)CC(=O)C(CS(=O)(=O)O)N=C([O-])OC(C)(C)C. The summed E-state index contributed by atoms with van der Waals surface area (Å²) in [7, 11) is -4.67. The summed E-state index contributed by atoms with van der Waals surface area (Å²) in [5.41, 5.74) is -0.949. The second-order valence-corrected chi connectivity index (χ2v) is 13.1. The molecule has 18 heteroatoms. The molecule has 0 spiro atoms. The van der Waals surface area contributed by atoms with Crippen molar-refractivity contribution in [1.29, 1.82) is 0 Å². The third-order valence-corrected chi connectivity index (χ3v) is 7.09. The first-order valence-electron chi connectivity index (χ1n) is 15.0. The van der Waals surface area contributed by atoms with E-state index in [1.165, 1.54) is 6.92 Å². The van der Waals surface area contributed by atoms with Gasteiger partial charge in [-0.1, -0.05) is 27.2 Å². The molecule has 1 unspecified atom stereocenters. The van der Waals surface area contributed by atoms with Gasteiger partial charge >= 0.3 is 0 Å². The molecular formula is C29H45N4O13S-. The maximum absolute atomic E-state index is 12.8. The maximum atomic E-state index is 12.8. The molecule has 1 aliphatic heterocycles. The van der Waals surface area contributed by atoms with E-state index in [0.717, 1.165) is 17.1 Å². The average molecular weight is 690 g/mol. The zero-order valence-corrected chi connectivity index (χ0v) is 28.0. The summed E-state index contributed by atoms with van der Waals surface area (Å²) in [5, 5.41) is 17.3. The van der Waals surface area contributed by atoms with Crippen LogP contribution >= 0.6 is 0 Å². The van der Waals surface area contributed by atoms with Gasteiger partial charge in [-0.15, -0.1) is 0 Å². The Labute approximate surface area is 274 Å². The van der Waals surface area contributed by atoms with E-state index in [1.807, 2.05) is 0 Å². The summed E-state index contributed by atoms with van der Waals surface area (Å²) in [4.78, 5) is 76.1. The van der Waals surface area contributed by atoms with Crippen molar-refractivity contribution in [3.8, 4) is 0 Å². The minimum atomic E-state index is -4.67. The topological polar surface area (TPSA) is 247 Å². The van der Waals surface area contributed by atoms with E-state index >= 15 is 0 Å². The van der Waals surface area contributed by atoms with E-state index < -0.39 is 63.5 Å². The Balaban J connectivity index is 2.24. The predicted octanol–water partition coefficient (Wildman–Crippen LogP) is -1.31. The number of ketones is 2. The molecule has 266 valence electrons. The number of carbonyl (C=O) groups is 6. The predicted molar refractivity (Wildman–Crippen MR) is 164 cm³/mol. The molecule has 47 heavy (non-hydrogen) atoms. The van der Waals surface area contributed by atoms with Gasteiger partial charge in [-0.3, -0.25) is 43.2 Å². The van der Waals surface area contributed by atoms with Crippen molar-refractivity contribution >= 4 is 51.4 Å². The number of imide groups is 1. The molecule has 1 heterocycles. The molecule has 0 aromatic carbocycles. The van der Waals surface area contributed by atoms with Crippen molar-refractivity contribution in [2.75, 3.05) is 51.8 Å². The number of nitrogens with one attached hydrogen (secondary N) is 2. The van der Waals surface area contributed by atoms with E-state index in [1.54, 1.807) is 20.8 Å². The number of amides is 4. The van der Waals surface area contributed by atoms with Crippen LogP contribution in [0.25, 0.3) is 0 Å². The fraction of sp³-hybridized carbons (Fsp3) is 0.690. The molecule has 17 nitrogen and oxygen atoms in total. The van der Waals surface area contributed by atoms with E-state index in [9.17, 15) is 46.8 Å². The second kappa shape index (κ2) is 20.5. The van der Waals surface area contributed by atoms with E-state index in [0.29, 0.717) is 12.8 Å². The molecule has 0 aromatic rings. The molecule has 0 saturated carbocycles. The first-order valence-corrected chi connectivity index (χ1v) is 16.6. The summed E-state index contributed by atoms with van der Waals surface area (Å²) in [6.07, 6.45) is 1.88. The van der Waals surface area contributed by atoms with Crippen LogP contribution in [0, 0.1) is 5.92 Å². The summed E-state index contributed by atoms with van der Waals surface area (Å²) in [6.45, 7) is 6.70. The van der Waals surface area contributed by atoms with Gasteiger partial charge in [0.15, 0.2) is 5.78 Å². The molecule has 1 rings (SSSR count). The lowest BCUT2D eigenvalue weighted by atomic mass is 9.91. The minimum absolute atomic E-state index is 0.00876. The zero-order valence-electron chi connectivity index (χ0n) is 27.2. The molecule has 0 aromatic heterocycles. The first kappa shape index (κ1) is 41.3. The third-order valence-electron chi connectivity index (χ3n) is 6.36. The summed E-state index contributed by atoms with van der Waals surface area (Å²) in [6, 6.07) is -1.73. The molecule has 0 radical (unpaired) electrons. The van der Waals surface area contributed by atoms with Gasteiger partial charge in [0, 0.05) is 56.1 Å². The Morgan fingerprint density at radius 3 is 2.19 bits per heavy atom. The van der Waals surface area contributed by atoms with Gasteiger partial charge in [-0.05, 0) is 19.8 Å². The Bertz CT molecular complexity index is 1260. The van der Waals surface area contributed by atoms with Crippen LogP contribution in [0.2, 0.25) is 0 Å². The van der Waals surface area contributed by atoms with Crippen molar-refractivity contribution in [3.63, 3.8) is 0 Å². The number of hydrogen-bond donors (Lipinski definition) is 3. The quantitative estimate of drug-likeness (QED) is 0.0371. The molecular weight excluding hydrogens is 644 g/mol. The van der Waals surface area contributed by atoms with Crippen LogP contribution < -0.4 is 15.7 Å². The normalized spacial score (nSPS) is 15.0. The number of hydrogen-bond acceptors (Lipinski definition) is 13. The zero-order chi connectivity index (χ0) is 35.6. The van der Waals surface area contributed by atoms with Crippen LogP contribution in [0.5, 0.6) is 0 Å². The second-order valence-electron chi connectivity index (χ2n) is 11.6. The van der Waals surface area contributed by atoms with Gasteiger partial charge in [-0.2, -0.15) is 8.42 Å². The van der Waals surface area contributed by atoms with Crippen LogP contribution in [-0.4, -0.2) is 123 Å². The number of unbranched alkanes of at least 4 members (excludes halogenated alkanes) is 1. The van der Waals surface area contributed by atoms with Gasteiger partial charge in [0.05, 0.1) is 19.8 Å². The van der Waals surface area contributed by atoms with E-state index in [-0.39, 0.29) is 76.5 Å². The molecule has 3 N–H and O–H groups in total. The number of ether oxygens (including phenoxy) is 3. The highest BCUT2D eigenvalue weighted by Crippen LogP contribution is 2.18. The minimum Gasteiger partial charge on any atom is -0.595 e. The van der Waals surface area contributed by atoms with Crippen LogP contribution in [0.3, 0.4) is 0 Å². The van der Waals surface area contributed by atoms with Crippen LogP contribution in [0.15, 0.2) is 17.1 Å². The number of rotatable bonds is 23. The third kappa shape index (κ3) is 19.5. The number of carbonyl (C=O) groups excluding carboxylic acids is 6. The van der Waals surface area contributed by atoms with Crippen molar-refractivity contribution in [3.05, 3.63) is 12.2 Å². The van der Waals surface area contributed by atoms with Crippen molar-refractivity contribution < 1.29 is 61.1 Å². The van der Waals surface area contributed by atoms with Crippen LogP contribution in [0.1, 0.15) is 59.8 Å². The largest absolute Gasteiger partial charge is 0.595 e. The van der Waals surface area contributed by atoms with Gasteiger partial charge in [0.2, 0.25) is 11.8 Å². The Hall–Kier alpha value is -3.74. The molecule has 4 amide bonds. The molecule has 0 bridgehead atoms.